The highest BCUT2D eigenvalue weighted by molar-refractivity contribution is 7.80. The third-order valence-corrected chi connectivity index (χ3v) is 6.44. The van der Waals surface area contributed by atoms with Gasteiger partial charge in [-0.15, -0.1) is 0 Å². The number of para-hydroxylation sites is 1. The van der Waals surface area contributed by atoms with E-state index < -0.39 is 10.4 Å². The third kappa shape index (κ3) is 5.72. The first kappa shape index (κ1) is 24.7. The quantitative estimate of drug-likeness (QED) is 0.155. The molecule has 8 nitrogen and oxygen atoms in total. The van der Waals surface area contributed by atoms with Crippen molar-refractivity contribution < 1.29 is 21.7 Å². The number of hydrogen-bond acceptors (Lipinski definition) is 7. The molecule has 0 aliphatic heterocycles. The Labute approximate surface area is 197 Å². The van der Waals surface area contributed by atoms with Gasteiger partial charge in [0.15, 0.2) is 0 Å². The molecule has 0 N–H and O–H groups in total. The van der Waals surface area contributed by atoms with Gasteiger partial charge in [0, 0.05) is 22.9 Å². The Morgan fingerprint density at radius 2 is 1.70 bits per heavy atom. The largest absolute Gasteiger partial charge is 0.726 e. The lowest BCUT2D eigenvalue weighted by molar-refractivity contribution is -0.682. The highest BCUT2D eigenvalue weighted by Crippen LogP contribution is 2.41. The molecule has 0 amide bonds. The summed E-state index contributed by atoms with van der Waals surface area (Å²) in [6, 6.07) is 18.9. The van der Waals surface area contributed by atoms with E-state index in [4.69, 9.17) is 5.11 Å². The highest BCUT2D eigenvalue weighted by Gasteiger charge is 2.20. The van der Waals surface area contributed by atoms with Crippen molar-refractivity contribution in [3.63, 3.8) is 0 Å². The van der Waals surface area contributed by atoms with Gasteiger partial charge in [0.05, 0.1) is 30.0 Å². The molecule has 33 heavy (non-hydrogen) atoms. The smallest absolute Gasteiger partial charge is 0.408 e. The van der Waals surface area contributed by atoms with Gasteiger partial charge in [0.2, 0.25) is 10.4 Å². The van der Waals surface area contributed by atoms with Crippen LogP contribution in [0.1, 0.15) is 19.5 Å². The maximum absolute atomic E-state index is 9.22. The van der Waals surface area contributed by atoms with Crippen LogP contribution in [-0.2, 0) is 27.7 Å². The molecule has 174 valence electrons. The number of hydrogen-bond donors (Lipinski definition) is 0. The lowest BCUT2D eigenvalue weighted by Crippen LogP contribution is -2.32. The average molecular weight is 487 g/mol. The molecule has 0 fully saturated rings. The van der Waals surface area contributed by atoms with Crippen LogP contribution in [0.25, 0.3) is 22.2 Å². The van der Waals surface area contributed by atoms with Crippen LogP contribution >= 0.6 is 11.3 Å². The monoisotopic (exact) mass is 486 g/mol. The maximum Gasteiger partial charge on any atom is 0.408 e. The van der Waals surface area contributed by atoms with Crippen LogP contribution in [0.15, 0.2) is 70.2 Å². The summed E-state index contributed by atoms with van der Waals surface area (Å²) < 4.78 is 35.5. The average Bonchev–Trinajstić information content (AvgIpc) is 3.34. The van der Waals surface area contributed by atoms with Crippen LogP contribution in [0.4, 0.5) is 10.8 Å². The molecule has 0 saturated carbocycles. The number of azo groups is 1. The molecule has 0 atom stereocenters. The molecular formula is C23H26N4O4S2. The van der Waals surface area contributed by atoms with Gasteiger partial charge in [0.1, 0.15) is 11.4 Å². The van der Waals surface area contributed by atoms with Gasteiger partial charge in [-0.05, 0) is 43.3 Å². The fourth-order valence-electron chi connectivity index (χ4n) is 3.57. The zero-order valence-electron chi connectivity index (χ0n) is 18.9. The van der Waals surface area contributed by atoms with Gasteiger partial charge in [-0.3, -0.25) is 4.18 Å². The van der Waals surface area contributed by atoms with E-state index in [1.54, 1.807) is 11.3 Å². The summed E-state index contributed by atoms with van der Waals surface area (Å²) in [4.78, 5) is 0. The Morgan fingerprint density at radius 3 is 2.30 bits per heavy atom. The summed E-state index contributed by atoms with van der Waals surface area (Å²) in [6.07, 6.45) is 0. The van der Waals surface area contributed by atoms with E-state index in [0.717, 1.165) is 47.7 Å². The molecule has 2 heterocycles. The molecule has 0 saturated heterocycles. The molecule has 10 heteroatoms. The molecule has 4 aromatic rings. The van der Waals surface area contributed by atoms with Crippen molar-refractivity contribution in [3.8, 4) is 11.3 Å². The standard InChI is InChI=1S/C22H23N4S.CH4O4S/c1-4-25-16(3)15-27-22(25)24-23-20-18-13-9-10-14-19(18)26(5-2)21(20)17-11-7-6-8-12-17;1-5-6(2,3)4/h6-15H,4-5H2,1-3H3;1H3,(H,2,3,4)/q+1;/p-1. The summed E-state index contributed by atoms with van der Waals surface area (Å²) in [6.45, 7) is 8.20. The van der Waals surface area contributed by atoms with E-state index in [9.17, 15) is 13.0 Å². The Kier molecular flexibility index (Phi) is 8.09. The first-order valence-corrected chi connectivity index (χ1v) is 12.6. The van der Waals surface area contributed by atoms with Crippen LogP contribution in [0, 0.1) is 6.92 Å². The van der Waals surface area contributed by atoms with E-state index in [1.165, 1.54) is 11.2 Å². The Morgan fingerprint density at radius 1 is 1.06 bits per heavy atom. The minimum atomic E-state index is -4.41. The molecule has 0 aliphatic rings. The van der Waals surface area contributed by atoms with E-state index >= 15 is 0 Å². The van der Waals surface area contributed by atoms with Crippen molar-refractivity contribution in [2.75, 3.05) is 7.11 Å². The number of aryl methyl sites for hydroxylation is 2. The molecule has 0 bridgehead atoms. The van der Waals surface area contributed by atoms with E-state index in [-0.39, 0.29) is 0 Å². The van der Waals surface area contributed by atoms with Crippen LogP contribution in [0.5, 0.6) is 0 Å². The van der Waals surface area contributed by atoms with Crippen molar-refractivity contribution in [1.29, 1.82) is 0 Å². The van der Waals surface area contributed by atoms with Gasteiger partial charge in [-0.25, -0.2) is 13.0 Å². The first-order valence-electron chi connectivity index (χ1n) is 10.4. The molecule has 4 rings (SSSR count). The molecule has 0 aliphatic carbocycles. The number of rotatable bonds is 6. The van der Waals surface area contributed by atoms with Crippen molar-refractivity contribution >= 4 is 43.5 Å². The number of aromatic nitrogens is 2. The number of nitrogens with zero attached hydrogens (tertiary/aromatic N) is 4. The van der Waals surface area contributed by atoms with E-state index in [1.807, 2.05) is 6.07 Å². The van der Waals surface area contributed by atoms with Crippen molar-refractivity contribution in [2.45, 2.75) is 33.9 Å². The molecule has 0 radical (unpaired) electrons. The fourth-order valence-corrected chi connectivity index (χ4v) is 4.47. The number of benzene rings is 2. The van der Waals surface area contributed by atoms with E-state index in [0.29, 0.717) is 0 Å². The van der Waals surface area contributed by atoms with Crippen molar-refractivity contribution in [2.24, 2.45) is 10.2 Å². The summed E-state index contributed by atoms with van der Waals surface area (Å²) in [5.74, 6) is 0. The second-order valence-corrected chi connectivity index (χ2v) is 8.99. The third-order valence-electron chi connectivity index (χ3n) is 5.06. The van der Waals surface area contributed by atoms with Crippen molar-refractivity contribution in [1.82, 2.24) is 4.57 Å². The zero-order valence-corrected chi connectivity index (χ0v) is 20.6. The number of fused-ring (bicyclic) bond motifs is 1. The van der Waals surface area contributed by atoms with Gasteiger partial charge in [-0.2, -0.15) is 0 Å². The highest BCUT2D eigenvalue weighted by atomic mass is 32.3. The molecule has 0 spiro atoms. The lowest BCUT2D eigenvalue weighted by atomic mass is 10.1. The van der Waals surface area contributed by atoms with E-state index in [2.05, 4.69) is 93.1 Å². The summed E-state index contributed by atoms with van der Waals surface area (Å²) in [7, 11) is -3.60. The topological polar surface area (TPSA) is 100.0 Å². The molecule has 2 aromatic heterocycles. The first-order chi connectivity index (χ1) is 15.8. The minimum Gasteiger partial charge on any atom is -0.726 e. The maximum atomic E-state index is 9.22. The summed E-state index contributed by atoms with van der Waals surface area (Å²) >= 11 is 1.64. The Balaban J connectivity index is 0.000000454. The van der Waals surface area contributed by atoms with Crippen LogP contribution in [0.3, 0.4) is 0 Å². The molecule has 2 aromatic carbocycles. The second-order valence-electron chi connectivity index (χ2n) is 7.00. The fraction of sp³-hybridized carbons (Fsp3) is 0.261. The predicted molar refractivity (Wildman–Crippen MR) is 129 cm³/mol. The van der Waals surface area contributed by atoms with Gasteiger partial charge in [-0.1, -0.05) is 48.5 Å². The van der Waals surface area contributed by atoms with Crippen LogP contribution < -0.4 is 4.57 Å². The second kappa shape index (κ2) is 10.8. The Bertz CT molecular complexity index is 1360. The van der Waals surface area contributed by atoms with Crippen LogP contribution in [-0.4, -0.2) is 24.6 Å². The molecular weight excluding hydrogens is 460 g/mol. The minimum absolute atomic E-state index is 0.808. The van der Waals surface area contributed by atoms with Gasteiger partial charge in [0.25, 0.3) is 0 Å². The van der Waals surface area contributed by atoms with Gasteiger partial charge < -0.3 is 9.12 Å². The van der Waals surface area contributed by atoms with Gasteiger partial charge >= 0.3 is 5.13 Å². The number of thiazole rings is 1. The van der Waals surface area contributed by atoms with Crippen LogP contribution in [0.2, 0.25) is 0 Å². The summed E-state index contributed by atoms with van der Waals surface area (Å²) in [5.41, 5.74) is 5.64. The normalized spacial score (nSPS) is 11.7. The predicted octanol–water partition coefficient (Wildman–Crippen LogP) is 5.51. The zero-order chi connectivity index (χ0) is 24.0. The molecule has 0 unspecified atom stereocenters. The Hall–Kier alpha value is -2.92. The lowest BCUT2D eigenvalue weighted by Gasteiger charge is -2.08. The SMILES string of the molecule is CCn1c(-c2ccccc2)c(N=Nc2scc(C)[n+]2CC)c2ccccc21.COS(=O)(=O)[O-]. The summed E-state index contributed by atoms with van der Waals surface area (Å²) in [5, 5.41) is 13.6. The van der Waals surface area contributed by atoms with Crippen molar-refractivity contribution in [3.05, 3.63) is 65.7 Å².